The molecule has 4 rings (SSSR count). The average molecular weight is 478 g/mol. The fraction of sp³-hybridized carbons (Fsp3) is 0.269. The van der Waals surface area contributed by atoms with Gasteiger partial charge in [-0.3, -0.25) is 4.79 Å². The Morgan fingerprint density at radius 3 is 2.66 bits per heavy atom. The van der Waals surface area contributed by atoms with Crippen LogP contribution in [0.3, 0.4) is 0 Å². The molecule has 9 heteroatoms. The van der Waals surface area contributed by atoms with Gasteiger partial charge in [0.05, 0.1) is 12.8 Å². The number of carbonyl (C=O) groups is 1. The van der Waals surface area contributed by atoms with Gasteiger partial charge >= 0.3 is 0 Å². The molecule has 1 amide bonds. The number of nitrogens with zero attached hydrogens (tertiary/aromatic N) is 3. The SMILES string of the molecule is C=CC(=O)Nc1cccc(Oc2nc(Nc3cccc(OCC4CCN(C)CC4)c3)ncc2F)c1. The van der Waals surface area contributed by atoms with Crippen LogP contribution >= 0.6 is 0 Å². The van der Waals surface area contributed by atoms with Crippen LogP contribution in [0.15, 0.2) is 67.4 Å². The fourth-order valence-electron chi connectivity index (χ4n) is 3.66. The summed E-state index contributed by atoms with van der Waals surface area (Å²) < 4.78 is 26.0. The first kappa shape index (κ1) is 24.2. The van der Waals surface area contributed by atoms with Crippen LogP contribution in [0.4, 0.5) is 21.7 Å². The van der Waals surface area contributed by atoms with Gasteiger partial charge in [-0.15, -0.1) is 0 Å². The number of benzene rings is 2. The highest BCUT2D eigenvalue weighted by Crippen LogP contribution is 2.27. The van der Waals surface area contributed by atoms with Crippen molar-refractivity contribution in [2.75, 3.05) is 37.4 Å². The van der Waals surface area contributed by atoms with Crippen molar-refractivity contribution in [1.82, 2.24) is 14.9 Å². The molecule has 1 aliphatic heterocycles. The van der Waals surface area contributed by atoms with Crippen LogP contribution in [-0.4, -0.2) is 47.5 Å². The van der Waals surface area contributed by atoms with E-state index in [1.807, 2.05) is 24.3 Å². The Morgan fingerprint density at radius 1 is 1.17 bits per heavy atom. The molecule has 0 bridgehead atoms. The minimum atomic E-state index is -0.716. The Kier molecular flexibility index (Phi) is 7.89. The number of anilines is 3. The zero-order valence-electron chi connectivity index (χ0n) is 19.5. The summed E-state index contributed by atoms with van der Waals surface area (Å²) >= 11 is 0. The summed E-state index contributed by atoms with van der Waals surface area (Å²) in [7, 11) is 2.14. The van der Waals surface area contributed by atoms with Crippen molar-refractivity contribution >= 4 is 23.2 Å². The van der Waals surface area contributed by atoms with Crippen molar-refractivity contribution in [1.29, 1.82) is 0 Å². The maximum Gasteiger partial charge on any atom is 0.260 e. The smallest absolute Gasteiger partial charge is 0.260 e. The molecular weight excluding hydrogens is 449 g/mol. The lowest BCUT2D eigenvalue weighted by Gasteiger charge is -2.28. The fourth-order valence-corrected chi connectivity index (χ4v) is 3.66. The van der Waals surface area contributed by atoms with Gasteiger partial charge in [-0.1, -0.05) is 18.7 Å². The van der Waals surface area contributed by atoms with Crippen molar-refractivity contribution in [3.63, 3.8) is 0 Å². The Balaban J connectivity index is 1.40. The molecule has 0 unspecified atom stereocenters. The number of piperidine rings is 1. The van der Waals surface area contributed by atoms with E-state index in [2.05, 4.69) is 39.1 Å². The summed E-state index contributed by atoms with van der Waals surface area (Å²) in [4.78, 5) is 22.0. The number of amides is 1. The highest BCUT2D eigenvalue weighted by atomic mass is 19.1. The van der Waals surface area contributed by atoms with Gasteiger partial charge in [-0.25, -0.2) is 4.98 Å². The lowest BCUT2D eigenvalue weighted by molar-refractivity contribution is -0.111. The molecule has 1 aromatic heterocycles. The number of aromatic nitrogens is 2. The van der Waals surface area contributed by atoms with Crippen LogP contribution in [-0.2, 0) is 4.79 Å². The Morgan fingerprint density at radius 2 is 1.89 bits per heavy atom. The van der Waals surface area contributed by atoms with Gasteiger partial charge in [0, 0.05) is 23.5 Å². The third-order valence-corrected chi connectivity index (χ3v) is 5.63. The van der Waals surface area contributed by atoms with Gasteiger partial charge < -0.3 is 25.0 Å². The van der Waals surface area contributed by atoms with Crippen molar-refractivity contribution < 1.29 is 18.7 Å². The first-order valence-corrected chi connectivity index (χ1v) is 11.4. The van der Waals surface area contributed by atoms with Crippen LogP contribution in [0.2, 0.25) is 0 Å². The van der Waals surface area contributed by atoms with Crippen LogP contribution in [0.1, 0.15) is 12.8 Å². The number of hydrogen-bond donors (Lipinski definition) is 2. The van der Waals surface area contributed by atoms with E-state index in [-0.39, 0.29) is 17.7 Å². The minimum absolute atomic E-state index is 0.171. The summed E-state index contributed by atoms with van der Waals surface area (Å²) in [6.07, 6.45) is 4.45. The molecule has 0 spiro atoms. The van der Waals surface area contributed by atoms with E-state index in [9.17, 15) is 9.18 Å². The topological polar surface area (TPSA) is 88.6 Å². The number of ether oxygens (including phenoxy) is 2. The van der Waals surface area contributed by atoms with Crippen molar-refractivity contribution in [3.8, 4) is 17.4 Å². The molecular formula is C26H28FN5O3. The second-order valence-electron chi connectivity index (χ2n) is 8.38. The zero-order valence-corrected chi connectivity index (χ0v) is 19.5. The molecule has 0 aliphatic carbocycles. The van der Waals surface area contributed by atoms with Gasteiger partial charge in [0.2, 0.25) is 17.7 Å². The molecule has 0 atom stereocenters. The maximum atomic E-state index is 14.3. The van der Waals surface area contributed by atoms with E-state index in [1.165, 1.54) is 0 Å². The summed E-state index contributed by atoms with van der Waals surface area (Å²) in [5.74, 6) is 0.442. The highest BCUT2D eigenvalue weighted by molar-refractivity contribution is 5.98. The molecule has 2 heterocycles. The molecule has 35 heavy (non-hydrogen) atoms. The predicted octanol–water partition coefficient (Wildman–Crippen LogP) is 5.00. The van der Waals surface area contributed by atoms with Gasteiger partial charge in [0.25, 0.3) is 5.88 Å². The van der Waals surface area contributed by atoms with E-state index < -0.39 is 5.82 Å². The second kappa shape index (κ2) is 11.4. The normalized spacial score (nSPS) is 14.2. The summed E-state index contributed by atoms with van der Waals surface area (Å²) in [6.45, 7) is 6.28. The number of carbonyl (C=O) groups excluding carboxylic acids is 1. The van der Waals surface area contributed by atoms with E-state index >= 15 is 0 Å². The first-order valence-electron chi connectivity index (χ1n) is 11.4. The largest absolute Gasteiger partial charge is 0.493 e. The monoisotopic (exact) mass is 477 g/mol. The van der Waals surface area contributed by atoms with Crippen molar-refractivity contribution in [2.24, 2.45) is 5.92 Å². The third-order valence-electron chi connectivity index (χ3n) is 5.63. The number of likely N-dealkylation sites (tertiary alicyclic amines) is 1. The standard InChI is InChI=1S/C26H28FN5O3/c1-3-24(33)29-19-6-5-9-22(15-19)35-25-23(27)16-28-26(31-25)30-20-7-4-8-21(14-20)34-17-18-10-12-32(2)13-11-18/h3-9,14-16,18H,1,10-13,17H2,2H3,(H,29,33)(H,28,30,31). The van der Waals surface area contributed by atoms with Gasteiger partial charge in [0.15, 0.2) is 0 Å². The molecule has 1 saturated heterocycles. The van der Waals surface area contributed by atoms with Gasteiger partial charge in [-0.05, 0) is 69.2 Å². The Hall–Kier alpha value is -3.98. The van der Waals surface area contributed by atoms with Crippen molar-refractivity contribution in [3.05, 3.63) is 73.2 Å². The molecule has 0 radical (unpaired) electrons. The summed E-state index contributed by atoms with van der Waals surface area (Å²) in [5, 5.41) is 5.69. The third kappa shape index (κ3) is 7.00. The van der Waals surface area contributed by atoms with E-state index in [0.29, 0.717) is 29.6 Å². The van der Waals surface area contributed by atoms with E-state index in [1.54, 1.807) is 24.3 Å². The van der Waals surface area contributed by atoms with Crippen LogP contribution in [0.5, 0.6) is 17.4 Å². The molecule has 182 valence electrons. The molecule has 2 aromatic carbocycles. The quantitative estimate of drug-likeness (QED) is 0.420. The number of halogens is 1. The second-order valence-corrected chi connectivity index (χ2v) is 8.38. The van der Waals surface area contributed by atoms with E-state index in [0.717, 1.165) is 44.0 Å². The number of hydrogen-bond acceptors (Lipinski definition) is 7. The predicted molar refractivity (Wildman–Crippen MR) is 133 cm³/mol. The zero-order chi connectivity index (χ0) is 24.6. The Bertz CT molecular complexity index is 1180. The molecule has 1 aliphatic rings. The summed E-state index contributed by atoms with van der Waals surface area (Å²) in [5.41, 5.74) is 1.19. The van der Waals surface area contributed by atoms with Crippen LogP contribution < -0.4 is 20.1 Å². The molecule has 2 N–H and O–H groups in total. The van der Waals surface area contributed by atoms with E-state index in [4.69, 9.17) is 9.47 Å². The molecule has 0 saturated carbocycles. The number of rotatable bonds is 9. The van der Waals surface area contributed by atoms with Crippen LogP contribution in [0.25, 0.3) is 0 Å². The maximum absolute atomic E-state index is 14.3. The van der Waals surface area contributed by atoms with Crippen LogP contribution in [0, 0.1) is 11.7 Å². The number of nitrogens with one attached hydrogen (secondary N) is 2. The lowest BCUT2D eigenvalue weighted by atomic mass is 9.98. The average Bonchev–Trinajstić information content (AvgIpc) is 2.86. The molecule has 1 fully saturated rings. The van der Waals surface area contributed by atoms with Gasteiger partial charge in [-0.2, -0.15) is 9.37 Å². The lowest BCUT2D eigenvalue weighted by Crippen LogP contribution is -2.32. The van der Waals surface area contributed by atoms with Gasteiger partial charge in [0.1, 0.15) is 11.5 Å². The highest BCUT2D eigenvalue weighted by Gasteiger charge is 2.17. The Labute approximate surface area is 203 Å². The minimum Gasteiger partial charge on any atom is -0.493 e. The van der Waals surface area contributed by atoms with Crippen molar-refractivity contribution in [2.45, 2.75) is 12.8 Å². The molecule has 8 nitrogen and oxygen atoms in total. The first-order chi connectivity index (χ1) is 17.0. The molecule has 3 aromatic rings. The summed E-state index contributed by atoms with van der Waals surface area (Å²) in [6, 6.07) is 14.0.